The van der Waals surface area contributed by atoms with Crippen molar-refractivity contribution < 1.29 is 48.0 Å². The van der Waals surface area contributed by atoms with E-state index in [2.05, 4.69) is 96.2 Å². The molecule has 0 radical (unpaired) electrons. The van der Waals surface area contributed by atoms with Crippen molar-refractivity contribution in [1.82, 2.24) is 4.98 Å². The van der Waals surface area contributed by atoms with Gasteiger partial charge in [-0.2, -0.15) is 0 Å². The van der Waals surface area contributed by atoms with Crippen LogP contribution in [0.4, 0.5) is 0 Å². The van der Waals surface area contributed by atoms with Crippen LogP contribution >= 0.6 is 0 Å². The van der Waals surface area contributed by atoms with Crippen molar-refractivity contribution in [3.63, 3.8) is 0 Å². The van der Waals surface area contributed by atoms with Gasteiger partial charge >= 0.3 is 172 Å². The van der Waals surface area contributed by atoms with E-state index in [1.165, 1.54) is 16.0 Å². The molecule has 0 unspecified atom stereocenters. The largest absolute Gasteiger partial charge is 1.00 e. The molecule has 1 aliphatic carbocycles. The quantitative estimate of drug-likeness (QED) is 0.427. The number of H-pyrrole nitrogens is 1. The molecule has 1 aliphatic rings. The molecule has 1 heterocycles. The molecular weight excluding hydrogens is 480 g/mol. The second-order valence-electron chi connectivity index (χ2n) is 9.60. The zero-order valence-corrected chi connectivity index (χ0v) is 23.2. The Labute approximate surface area is 195 Å². The summed E-state index contributed by atoms with van der Waals surface area (Å²) >= 11 is -0.912. The van der Waals surface area contributed by atoms with Crippen molar-refractivity contribution >= 4 is 26.3 Å². The molecule has 1 N–H and O–H groups in total. The molecule has 0 saturated carbocycles. The standard InChI is InChI=1S/C12H20N.C11H11Si.2ClH.Zr/c1-11(2,3)9-7-13-8-10(9)12(4,5)6;1-12(2)11-7-9-5-3-4-6-10(9)8-11;;;/h7,13H,1-6H3;3-7H,1-2H3;2*1H;/q;;;;+2/p-2. The third-order valence-corrected chi connectivity index (χ3v) is 10.6. The maximum Gasteiger partial charge on any atom is -1.00 e. The van der Waals surface area contributed by atoms with Gasteiger partial charge < -0.3 is 24.8 Å². The first-order valence-corrected chi connectivity index (χ1v) is 14.4. The van der Waals surface area contributed by atoms with Crippen molar-refractivity contribution in [3.05, 3.63) is 52.0 Å². The first-order chi connectivity index (χ1) is 12.0. The third kappa shape index (κ3) is 5.09. The molecule has 1 aromatic carbocycles. The van der Waals surface area contributed by atoms with Crippen molar-refractivity contribution in [3.8, 4) is 0 Å². The molecule has 0 atom stereocenters. The summed E-state index contributed by atoms with van der Waals surface area (Å²) in [5.41, 5.74) is 3.43. The van der Waals surface area contributed by atoms with Gasteiger partial charge in [0.05, 0.1) is 0 Å². The van der Waals surface area contributed by atoms with E-state index in [4.69, 9.17) is 0 Å². The van der Waals surface area contributed by atoms with Gasteiger partial charge in [-0.3, -0.25) is 0 Å². The predicted molar refractivity (Wildman–Crippen MR) is 114 cm³/mol. The average Bonchev–Trinajstić information content (AvgIpc) is 3.09. The van der Waals surface area contributed by atoms with Gasteiger partial charge in [-0.05, 0) is 0 Å². The van der Waals surface area contributed by atoms with Crippen LogP contribution in [-0.4, -0.2) is 18.6 Å². The van der Waals surface area contributed by atoms with Gasteiger partial charge in [-0.15, -0.1) is 0 Å². The zero-order valence-electron chi connectivity index (χ0n) is 18.2. The summed E-state index contributed by atoms with van der Waals surface area (Å²) in [5, 5.41) is 4.60. The molecule has 150 valence electrons. The van der Waals surface area contributed by atoms with Crippen LogP contribution in [0.15, 0.2) is 30.5 Å². The third-order valence-electron chi connectivity index (χ3n) is 5.03. The number of hydrogen-bond donors (Lipinski definition) is 1. The van der Waals surface area contributed by atoms with Crippen molar-refractivity contribution in [1.29, 1.82) is 0 Å². The van der Waals surface area contributed by atoms with Gasteiger partial charge in [-0.1, -0.05) is 0 Å². The predicted octanol–water partition coefficient (Wildman–Crippen LogP) is -2.56. The smallest absolute Gasteiger partial charge is 1.00 e. The minimum atomic E-state index is -0.912. The van der Waals surface area contributed by atoms with Crippen molar-refractivity contribution in [2.75, 3.05) is 0 Å². The molecule has 1 aromatic heterocycles. The van der Waals surface area contributed by atoms with Gasteiger partial charge in [0.2, 0.25) is 0 Å². The number of aromatic nitrogens is 1. The Balaban J connectivity index is 0.00000196. The summed E-state index contributed by atoms with van der Waals surface area (Å²) < 4.78 is 3.27. The number of aromatic amines is 1. The van der Waals surface area contributed by atoms with Crippen LogP contribution in [0.25, 0.3) is 9.36 Å². The SMILES string of the molecule is C[Si](C)=C1C=c2ccccc2=[C]1[Zr+2][c]1[nH]cc(C(C)(C)C)c1C(C)(C)C.[Cl-].[Cl-]. The molecule has 0 amide bonds. The number of rotatable bonds is 2. The van der Waals surface area contributed by atoms with Crippen LogP contribution < -0.4 is 38.7 Å². The second kappa shape index (κ2) is 9.29. The summed E-state index contributed by atoms with van der Waals surface area (Å²) in [4.78, 5) is 3.74. The fourth-order valence-corrected chi connectivity index (χ4v) is 11.0. The zero-order chi connectivity index (χ0) is 19.3. The summed E-state index contributed by atoms with van der Waals surface area (Å²) in [6.45, 7) is 19.0. The van der Waals surface area contributed by atoms with E-state index in [9.17, 15) is 0 Å². The van der Waals surface area contributed by atoms with Gasteiger partial charge in [0.15, 0.2) is 0 Å². The van der Waals surface area contributed by atoms with Crippen LogP contribution in [0.1, 0.15) is 52.7 Å². The van der Waals surface area contributed by atoms with Crippen LogP contribution in [0.5, 0.6) is 0 Å². The van der Waals surface area contributed by atoms with Crippen LogP contribution in [0, 0.1) is 0 Å². The second-order valence-corrected chi connectivity index (χ2v) is 15.2. The molecule has 28 heavy (non-hydrogen) atoms. The number of benzene rings is 1. The number of fused-ring (bicyclic) bond motifs is 1. The first kappa shape index (κ1) is 25.8. The summed E-state index contributed by atoms with van der Waals surface area (Å²) in [6, 6.07) is 9.00. The Morgan fingerprint density at radius 2 is 1.50 bits per heavy atom. The Kier molecular flexibility index (Phi) is 8.57. The van der Waals surface area contributed by atoms with Gasteiger partial charge in [0, 0.05) is 0 Å². The monoisotopic (exact) mass is 509 g/mol. The molecule has 0 aliphatic heterocycles. The first-order valence-electron chi connectivity index (χ1n) is 9.48. The topological polar surface area (TPSA) is 15.8 Å². The van der Waals surface area contributed by atoms with Crippen molar-refractivity contribution in [2.24, 2.45) is 0 Å². The molecule has 0 bridgehead atoms. The summed E-state index contributed by atoms with van der Waals surface area (Å²) in [7, 11) is -0.462. The van der Waals surface area contributed by atoms with E-state index >= 15 is 0 Å². The van der Waals surface area contributed by atoms with Crippen LogP contribution in [0.2, 0.25) is 13.1 Å². The Morgan fingerprint density at radius 3 is 2.04 bits per heavy atom. The van der Waals surface area contributed by atoms with Gasteiger partial charge in [0.25, 0.3) is 0 Å². The van der Waals surface area contributed by atoms with E-state index in [0.717, 1.165) is 0 Å². The number of halogens is 2. The van der Waals surface area contributed by atoms with E-state index in [0.29, 0.717) is 0 Å². The van der Waals surface area contributed by atoms with E-state index in [1.807, 2.05) is 0 Å². The molecule has 0 saturated heterocycles. The fraction of sp³-hybridized carbons (Fsp3) is 0.435. The summed E-state index contributed by atoms with van der Waals surface area (Å²) in [5.74, 6) is 0. The molecule has 2 aromatic rings. The minimum Gasteiger partial charge on any atom is -1.00 e. The molecule has 5 heteroatoms. The maximum atomic E-state index is 3.74. The van der Waals surface area contributed by atoms with Crippen LogP contribution in [-0.2, 0) is 34.1 Å². The summed E-state index contributed by atoms with van der Waals surface area (Å²) in [6.07, 6.45) is 4.77. The fourth-order valence-electron chi connectivity index (χ4n) is 3.77. The molecule has 1 nitrogen and oxygen atoms in total. The van der Waals surface area contributed by atoms with Crippen LogP contribution in [0.3, 0.4) is 0 Å². The minimum absolute atomic E-state index is 0. The maximum absolute atomic E-state index is 3.74. The Bertz CT molecular complexity index is 1000. The van der Waals surface area contributed by atoms with E-state index < -0.39 is 31.6 Å². The van der Waals surface area contributed by atoms with Crippen molar-refractivity contribution in [2.45, 2.75) is 65.5 Å². The normalized spacial score (nSPS) is 13.1. The molecule has 0 fully saturated rings. The number of hydrogen-bond acceptors (Lipinski definition) is 0. The van der Waals surface area contributed by atoms with Gasteiger partial charge in [0.1, 0.15) is 0 Å². The van der Waals surface area contributed by atoms with E-state index in [1.54, 1.807) is 17.4 Å². The Morgan fingerprint density at radius 1 is 0.893 bits per heavy atom. The van der Waals surface area contributed by atoms with E-state index in [-0.39, 0.29) is 35.6 Å². The average molecular weight is 512 g/mol. The van der Waals surface area contributed by atoms with Gasteiger partial charge in [-0.25, -0.2) is 0 Å². The molecule has 3 rings (SSSR count). The Hall–Kier alpha value is -0.210. The molecule has 0 spiro atoms. The number of nitrogens with one attached hydrogen (secondary N) is 1. The molecular formula is C23H31Cl2NSiZr.